The smallest absolute Gasteiger partial charge is 0.118 e. The third kappa shape index (κ3) is 4.91. The van der Waals surface area contributed by atoms with Crippen LogP contribution in [-0.4, -0.2) is 16.7 Å². The fraction of sp³-hybridized carbons (Fsp3) is 0.458. The summed E-state index contributed by atoms with van der Waals surface area (Å²) in [6.45, 7) is 14.5. The number of aromatic nitrogens is 2. The summed E-state index contributed by atoms with van der Waals surface area (Å²) in [7, 11) is 1.70. The van der Waals surface area contributed by atoms with Crippen LogP contribution in [-0.2, 0) is 17.7 Å². The first-order chi connectivity index (χ1) is 13.1. The van der Waals surface area contributed by atoms with Gasteiger partial charge in [-0.2, -0.15) is 0 Å². The molecule has 1 heterocycles. The number of hydrogen-bond acceptors (Lipinski definition) is 3. The van der Waals surface area contributed by atoms with E-state index in [0.29, 0.717) is 0 Å². The Morgan fingerprint density at radius 3 is 2.21 bits per heavy atom. The van der Waals surface area contributed by atoms with Crippen LogP contribution in [0.4, 0.5) is 0 Å². The maximum atomic E-state index is 5.24. The van der Waals surface area contributed by atoms with E-state index in [1.54, 1.807) is 7.11 Å². The van der Waals surface area contributed by atoms with Crippen LogP contribution >= 0.6 is 11.8 Å². The lowest BCUT2D eigenvalue weighted by atomic mass is 9.93. The molecule has 28 heavy (non-hydrogen) atoms. The molecule has 0 unspecified atom stereocenters. The Balaban J connectivity index is 1.88. The molecule has 4 heteroatoms. The summed E-state index contributed by atoms with van der Waals surface area (Å²) in [5, 5.41) is 0. The van der Waals surface area contributed by atoms with Gasteiger partial charge in [-0.15, -0.1) is 11.8 Å². The number of imidazole rings is 1. The molecule has 3 nitrogen and oxygen atoms in total. The van der Waals surface area contributed by atoms with Gasteiger partial charge in [0.15, 0.2) is 0 Å². The minimum absolute atomic E-state index is 0.0146. The zero-order valence-electron chi connectivity index (χ0n) is 18.2. The average molecular weight is 397 g/mol. The van der Waals surface area contributed by atoms with Crippen molar-refractivity contribution in [3.8, 4) is 5.75 Å². The monoisotopic (exact) mass is 396 g/mol. The van der Waals surface area contributed by atoms with Crippen LogP contribution in [0.1, 0.15) is 52.9 Å². The SMILES string of the molecule is COc1ccc(CSc2ccc3c(c2)nc(C(C)(C)C)n3CC(C)(C)C)cc1. The Kier molecular flexibility index (Phi) is 5.81. The zero-order valence-corrected chi connectivity index (χ0v) is 19.0. The third-order valence-corrected chi connectivity index (χ3v) is 5.65. The summed E-state index contributed by atoms with van der Waals surface area (Å²) in [5.41, 5.74) is 3.83. The molecule has 0 radical (unpaired) electrons. The average Bonchev–Trinajstić information content (AvgIpc) is 2.97. The van der Waals surface area contributed by atoms with Crippen molar-refractivity contribution < 1.29 is 4.74 Å². The maximum absolute atomic E-state index is 5.24. The normalized spacial score (nSPS) is 12.5. The minimum Gasteiger partial charge on any atom is -0.497 e. The quantitative estimate of drug-likeness (QED) is 0.450. The van der Waals surface area contributed by atoms with E-state index in [4.69, 9.17) is 9.72 Å². The lowest BCUT2D eigenvalue weighted by molar-refractivity contribution is 0.332. The second-order valence-electron chi connectivity index (χ2n) is 9.62. The molecule has 0 bridgehead atoms. The van der Waals surface area contributed by atoms with E-state index >= 15 is 0 Å². The van der Waals surface area contributed by atoms with Crippen LogP contribution in [0.15, 0.2) is 47.4 Å². The number of thioether (sulfide) groups is 1. The molecule has 0 fully saturated rings. The minimum atomic E-state index is 0.0146. The van der Waals surface area contributed by atoms with Crippen LogP contribution in [0.3, 0.4) is 0 Å². The Morgan fingerprint density at radius 2 is 1.64 bits per heavy atom. The van der Waals surface area contributed by atoms with Crippen molar-refractivity contribution in [2.75, 3.05) is 7.11 Å². The van der Waals surface area contributed by atoms with Gasteiger partial charge in [-0.3, -0.25) is 0 Å². The topological polar surface area (TPSA) is 27.1 Å². The van der Waals surface area contributed by atoms with Crippen molar-refractivity contribution >= 4 is 22.8 Å². The molecule has 0 spiro atoms. The number of ether oxygens (including phenoxy) is 1. The highest BCUT2D eigenvalue weighted by Gasteiger charge is 2.25. The zero-order chi connectivity index (χ0) is 20.5. The van der Waals surface area contributed by atoms with Crippen molar-refractivity contribution in [3.63, 3.8) is 0 Å². The van der Waals surface area contributed by atoms with Gasteiger partial charge < -0.3 is 9.30 Å². The number of nitrogens with zero attached hydrogens (tertiary/aromatic N) is 2. The first-order valence-corrected chi connectivity index (χ1v) is 10.8. The summed E-state index contributed by atoms with van der Waals surface area (Å²) in [5.74, 6) is 2.99. The number of rotatable bonds is 5. The van der Waals surface area contributed by atoms with Gasteiger partial charge in [0.1, 0.15) is 11.6 Å². The molecule has 1 aromatic heterocycles. The van der Waals surface area contributed by atoms with Crippen LogP contribution in [0.25, 0.3) is 11.0 Å². The highest BCUT2D eigenvalue weighted by molar-refractivity contribution is 7.98. The van der Waals surface area contributed by atoms with Gasteiger partial charge in [0, 0.05) is 22.6 Å². The van der Waals surface area contributed by atoms with Crippen molar-refractivity contribution in [2.45, 2.75) is 64.2 Å². The van der Waals surface area contributed by atoms with Gasteiger partial charge in [0.25, 0.3) is 0 Å². The van der Waals surface area contributed by atoms with E-state index in [-0.39, 0.29) is 10.8 Å². The molecule has 150 valence electrons. The summed E-state index contributed by atoms with van der Waals surface area (Å²) in [4.78, 5) is 6.29. The van der Waals surface area contributed by atoms with Gasteiger partial charge in [-0.05, 0) is 41.3 Å². The van der Waals surface area contributed by atoms with Gasteiger partial charge in [-0.1, -0.05) is 53.7 Å². The molecule has 0 amide bonds. The van der Waals surface area contributed by atoms with E-state index in [9.17, 15) is 0 Å². The molecule has 0 atom stereocenters. The number of hydrogen-bond donors (Lipinski definition) is 0. The van der Waals surface area contributed by atoms with Gasteiger partial charge in [0.2, 0.25) is 0 Å². The first-order valence-electron chi connectivity index (χ1n) is 9.83. The Labute approximate surface area is 173 Å². The fourth-order valence-corrected chi connectivity index (χ4v) is 4.18. The Morgan fingerprint density at radius 1 is 0.964 bits per heavy atom. The molecule has 0 saturated carbocycles. The molecular weight excluding hydrogens is 364 g/mol. The lowest BCUT2D eigenvalue weighted by Crippen LogP contribution is -2.24. The summed E-state index contributed by atoms with van der Waals surface area (Å²) >= 11 is 1.85. The highest BCUT2D eigenvalue weighted by atomic mass is 32.2. The molecule has 3 aromatic rings. The van der Waals surface area contributed by atoms with E-state index in [1.807, 2.05) is 23.9 Å². The predicted molar refractivity (Wildman–Crippen MR) is 120 cm³/mol. The van der Waals surface area contributed by atoms with E-state index < -0.39 is 0 Å². The van der Waals surface area contributed by atoms with Gasteiger partial charge in [-0.25, -0.2) is 4.98 Å². The van der Waals surface area contributed by atoms with Crippen LogP contribution in [0.2, 0.25) is 0 Å². The Hall–Kier alpha value is -1.94. The molecule has 0 N–H and O–H groups in total. The largest absolute Gasteiger partial charge is 0.497 e. The molecule has 0 aliphatic carbocycles. The molecule has 0 aliphatic heterocycles. The number of methoxy groups -OCH3 is 1. The van der Waals surface area contributed by atoms with Gasteiger partial charge in [0.05, 0.1) is 18.1 Å². The van der Waals surface area contributed by atoms with E-state index in [1.165, 1.54) is 16.0 Å². The van der Waals surface area contributed by atoms with Crippen LogP contribution < -0.4 is 4.74 Å². The van der Waals surface area contributed by atoms with E-state index in [2.05, 4.69) is 76.4 Å². The lowest BCUT2D eigenvalue weighted by Gasteiger charge is -2.25. The third-order valence-electron chi connectivity index (χ3n) is 4.59. The predicted octanol–water partition coefficient (Wildman–Crippen LogP) is 6.68. The maximum Gasteiger partial charge on any atom is 0.118 e. The van der Waals surface area contributed by atoms with Crippen molar-refractivity contribution in [1.29, 1.82) is 0 Å². The fourth-order valence-electron chi connectivity index (χ4n) is 3.29. The number of benzene rings is 2. The molecular formula is C24H32N2OS. The molecule has 2 aromatic carbocycles. The molecule has 3 rings (SSSR count). The number of fused-ring (bicyclic) bond motifs is 1. The van der Waals surface area contributed by atoms with Crippen molar-refractivity contribution in [1.82, 2.24) is 9.55 Å². The molecule has 0 saturated heterocycles. The first kappa shape index (κ1) is 20.8. The van der Waals surface area contributed by atoms with Gasteiger partial charge >= 0.3 is 0 Å². The van der Waals surface area contributed by atoms with E-state index in [0.717, 1.165) is 29.4 Å². The van der Waals surface area contributed by atoms with Crippen molar-refractivity contribution in [3.05, 3.63) is 53.9 Å². The second-order valence-corrected chi connectivity index (χ2v) is 10.7. The highest BCUT2D eigenvalue weighted by Crippen LogP contribution is 2.32. The summed E-state index contributed by atoms with van der Waals surface area (Å²) in [6, 6.07) is 15.0. The van der Waals surface area contributed by atoms with Crippen LogP contribution in [0.5, 0.6) is 5.75 Å². The second kappa shape index (κ2) is 7.82. The summed E-state index contributed by atoms with van der Waals surface area (Å²) in [6.07, 6.45) is 0. The standard InChI is InChI=1S/C24H32N2OS/c1-23(2,3)16-26-21-13-12-19(14-20(21)25-22(26)24(4,5)6)28-15-17-8-10-18(27-7)11-9-17/h8-14H,15-16H2,1-7H3. The molecule has 0 aliphatic rings. The Bertz CT molecular complexity index is 944. The van der Waals surface area contributed by atoms with Crippen molar-refractivity contribution in [2.24, 2.45) is 5.41 Å². The summed E-state index contributed by atoms with van der Waals surface area (Å²) < 4.78 is 7.65. The van der Waals surface area contributed by atoms with Crippen LogP contribution in [0, 0.1) is 5.41 Å².